The van der Waals surface area contributed by atoms with Crippen LogP contribution in [0.2, 0.25) is 0 Å². The Labute approximate surface area is 197 Å². The van der Waals surface area contributed by atoms with Gasteiger partial charge >= 0.3 is 6.03 Å². The van der Waals surface area contributed by atoms with Crippen LogP contribution in [0.4, 0.5) is 22.1 Å². The van der Waals surface area contributed by atoms with Crippen molar-refractivity contribution < 1.29 is 4.79 Å². The Balaban J connectivity index is 1.75. The van der Waals surface area contributed by atoms with Gasteiger partial charge in [-0.1, -0.05) is 66.7 Å². The highest BCUT2D eigenvalue weighted by molar-refractivity contribution is 6.06. The van der Waals surface area contributed by atoms with E-state index in [0.717, 1.165) is 44.8 Å². The number of hydrogen-bond acceptors (Lipinski definition) is 4. The highest BCUT2D eigenvalue weighted by atomic mass is 16.2. The van der Waals surface area contributed by atoms with Crippen molar-refractivity contribution in [2.75, 3.05) is 17.3 Å². The van der Waals surface area contributed by atoms with Gasteiger partial charge in [-0.3, -0.25) is 0 Å². The summed E-state index contributed by atoms with van der Waals surface area (Å²) in [5.74, 6) is 1.58. The fourth-order valence-electron chi connectivity index (χ4n) is 4.10. The van der Waals surface area contributed by atoms with Crippen molar-refractivity contribution in [2.45, 2.75) is 0 Å². The number of primary amides is 1. The normalized spacial score (nSPS) is 10.7. The van der Waals surface area contributed by atoms with E-state index in [-0.39, 0.29) is 0 Å². The van der Waals surface area contributed by atoms with Gasteiger partial charge in [-0.05, 0) is 46.8 Å². The van der Waals surface area contributed by atoms with Gasteiger partial charge in [0.25, 0.3) is 0 Å². The molecule has 0 aliphatic heterocycles. The van der Waals surface area contributed by atoms with Crippen LogP contribution in [0, 0.1) is 0 Å². The van der Waals surface area contributed by atoms with E-state index in [1.807, 2.05) is 66.5 Å². The number of nitrogens with zero attached hydrogens (tertiary/aromatic N) is 3. The molecule has 6 heteroatoms. The molecule has 0 atom stereocenters. The number of aromatic nitrogens is 2. The number of anilines is 3. The Morgan fingerprint density at radius 1 is 0.853 bits per heavy atom. The van der Waals surface area contributed by atoms with E-state index >= 15 is 0 Å². The quantitative estimate of drug-likeness (QED) is 0.336. The highest BCUT2D eigenvalue weighted by Gasteiger charge is 2.17. The second kappa shape index (κ2) is 9.03. The van der Waals surface area contributed by atoms with Crippen molar-refractivity contribution in [1.29, 1.82) is 0 Å². The summed E-state index contributed by atoms with van der Waals surface area (Å²) in [6.07, 6.45) is 1.77. The van der Waals surface area contributed by atoms with E-state index in [9.17, 15) is 4.79 Å². The zero-order chi connectivity index (χ0) is 23.5. The average molecular weight is 446 g/mol. The number of carbonyl (C=O) groups is 1. The van der Waals surface area contributed by atoms with Gasteiger partial charge in [0, 0.05) is 29.9 Å². The number of nitrogens with one attached hydrogen (secondary N) is 1. The Morgan fingerprint density at radius 2 is 1.62 bits per heavy atom. The molecule has 5 aromatic rings. The van der Waals surface area contributed by atoms with Gasteiger partial charge < -0.3 is 16.0 Å². The Bertz CT molecular complexity index is 1470. The van der Waals surface area contributed by atoms with Crippen molar-refractivity contribution in [3.63, 3.8) is 0 Å². The van der Waals surface area contributed by atoms with Gasteiger partial charge in [-0.15, -0.1) is 0 Å². The lowest BCUT2D eigenvalue weighted by atomic mass is 9.97. The van der Waals surface area contributed by atoms with Gasteiger partial charge in [-0.2, -0.15) is 0 Å². The van der Waals surface area contributed by atoms with E-state index in [2.05, 4.69) is 46.7 Å². The molecule has 5 rings (SSSR count). The molecule has 0 saturated heterocycles. The number of urea groups is 1. The number of nitrogens with two attached hydrogens (primary N) is 1. The summed E-state index contributed by atoms with van der Waals surface area (Å²) < 4.78 is 0. The predicted octanol–water partition coefficient (Wildman–Crippen LogP) is 6.22. The van der Waals surface area contributed by atoms with Gasteiger partial charge in [0.2, 0.25) is 0 Å². The van der Waals surface area contributed by atoms with E-state index < -0.39 is 6.03 Å². The third-order valence-electron chi connectivity index (χ3n) is 5.66. The van der Waals surface area contributed by atoms with E-state index in [4.69, 9.17) is 10.7 Å². The molecule has 0 radical (unpaired) electrons. The number of benzene rings is 3. The van der Waals surface area contributed by atoms with E-state index in [1.54, 1.807) is 12.3 Å². The van der Waals surface area contributed by atoms with Crippen LogP contribution in [-0.4, -0.2) is 23.0 Å². The largest absolute Gasteiger partial charge is 0.351 e. The maximum Gasteiger partial charge on any atom is 0.316 e. The molecule has 2 heterocycles. The molecule has 0 fully saturated rings. The first-order valence-electron chi connectivity index (χ1n) is 10.9. The van der Waals surface area contributed by atoms with Crippen LogP contribution >= 0.6 is 0 Å². The molecule has 2 aromatic heterocycles. The van der Waals surface area contributed by atoms with Crippen molar-refractivity contribution in [1.82, 2.24) is 9.97 Å². The summed E-state index contributed by atoms with van der Waals surface area (Å²) >= 11 is 0. The predicted molar refractivity (Wildman–Crippen MR) is 138 cm³/mol. The van der Waals surface area contributed by atoms with Gasteiger partial charge in [0.15, 0.2) is 0 Å². The first kappa shape index (κ1) is 21.2. The number of amides is 2. The first-order valence-corrected chi connectivity index (χ1v) is 10.9. The Kier molecular flexibility index (Phi) is 5.62. The third-order valence-corrected chi connectivity index (χ3v) is 5.66. The number of rotatable bonds is 5. The lowest BCUT2D eigenvalue weighted by molar-refractivity contribution is 0.259. The summed E-state index contributed by atoms with van der Waals surface area (Å²) in [7, 11) is 1.97. The number of pyridine rings is 2. The van der Waals surface area contributed by atoms with Crippen LogP contribution in [0.1, 0.15) is 0 Å². The molecule has 0 spiro atoms. The molecule has 3 aromatic carbocycles. The number of carbonyl (C=O) groups excluding carboxylic acids is 1. The highest BCUT2D eigenvalue weighted by Crippen LogP contribution is 2.38. The molecule has 34 heavy (non-hydrogen) atoms. The van der Waals surface area contributed by atoms with E-state index in [1.165, 1.54) is 0 Å². The topological polar surface area (TPSA) is 84.1 Å². The van der Waals surface area contributed by atoms with Crippen LogP contribution in [-0.2, 0) is 0 Å². The zero-order valence-electron chi connectivity index (χ0n) is 18.6. The second-order valence-corrected chi connectivity index (χ2v) is 7.92. The number of fused-ring (bicyclic) bond motifs is 1. The minimum Gasteiger partial charge on any atom is -0.351 e. The summed E-state index contributed by atoms with van der Waals surface area (Å²) in [6, 6.07) is 31.3. The monoisotopic (exact) mass is 445 g/mol. The molecule has 3 N–H and O–H groups in total. The SMILES string of the molecule is CN(c1ccccn1)c1nc(-c2cccc(NC(N)=O)c2)cc2cccc(-c3ccccc3)c12. The molecular weight excluding hydrogens is 422 g/mol. The van der Waals surface area contributed by atoms with Crippen LogP contribution in [0.15, 0.2) is 103 Å². The standard InChI is InChI=1S/C28H23N5O/c1-33(25-15-5-6-16-30-25)27-26-21(12-8-14-23(26)19-9-3-2-4-10-19)18-24(32-27)20-11-7-13-22(17-20)31-28(29)34/h2-18H,1H3,(H3,29,31,34). The number of hydrogen-bond donors (Lipinski definition) is 2. The second-order valence-electron chi connectivity index (χ2n) is 7.92. The lowest BCUT2D eigenvalue weighted by Crippen LogP contribution is -2.19. The Hall–Kier alpha value is -4.71. The molecule has 0 aliphatic carbocycles. The minimum absolute atomic E-state index is 0.605. The summed E-state index contributed by atoms with van der Waals surface area (Å²) in [5, 5.41) is 4.73. The molecular formula is C28H23N5O. The molecule has 2 amide bonds. The molecule has 0 aliphatic rings. The average Bonchev–Trinajstić information content (AvgIpc) is 2.88. The van der Waals surface area contributed by atoms with Gasteiger partial charge in [0.1, 0.15) is 11.6 Å². The summed E-state index contributed by atoms with van der Waals surface area (Å²) in [5.41, 5.74) is 9.79. The molecule has 6 nitrogen and oxygen atoms in total. The van der Waals surface area contributed by atoms with Crippen LogP contribution in [0.3, 0.4) is 0 Å². The fourth-order valence-corrected chi connectivity index (χ4v) is 4.10. The molecule has 166 valence electrons. The van der Waals surface area contributed by atoms with Crippen LogP contribution in [0.25, 0.3) is 33.2 Å². The van der Waals surface area contributed by atoms with Crippen LogP contribution < -0.4 is 16.0 Å². The Morgan fingerprint density at radius 3 is 2.38 bits per heavy atom. The third kappa shape index (κ3) is 4.17. The maximum atomic E-state index is 11.3. The van der Waals surface area contributed by atoms with E-state index in [0.29, 0.717) is 5.69 Å². The fraction of sp³-hybridized carbons (Fsp3) is 0.0357. The zero-order valence-corrected chi connectivity index (χ0v) is 18.6. The van der Waals surface area contributed by atoms with Gasteiger partial charge in [0.05, 0.1) is 5.69 Å². The molecule has 0 unspecified atom stereocenters. The van der Waals surface area contributed by atoms with Crippen molar-refractivity contribution >= 4 is 34.1 Å². The molecule has 0 bridgehead atoms. The first-order chi connectivity index (χ1) is 16.6. The van der Waals surface area contributed by atoms with Crippen molar-refractivity contribution in [3.05, 3.63) is 103 Å². The van der Waals surface area contributed by atoms with Gasteiger partial charge in [-0.25, -0.2) is 14.8 Å². The van der Waals surface area contributed by atoms with Crippen LogP contribution in [0.5, 0.6) is 0 Å². The summed E-state index contributed by atoms with van der Waals surface area (Å²) in [4.78, 5) is 23.0. The maximum absolute atomic E-state index is 11.3. The summed E-state index contributed by atoms with van der Waals surface area (Å²) in [6.45, 7) is 0. The minimum atomic E-state index is -0.605. The van der Waals surface area contributed by atoms with Crippen molar-refractivity contribution in [3.8, 4) is 22.4 Å². The smallest absolute Gasteiger partial charge is 0.316 e. The molecule has 0 saturated carbocycles. The lowest BCUT2D eigenvalue weighted by Gasteiger charge is -2.22. The van der Waals surface area contributed by atoms with Crippen molar-refractivity contribution in [2.24, 2.45) is 5.73 Å².